The van der Waals surface area contributed by atoms with Crippen molar-refractivity contribution < 1.29 is 14.3 Å². The van der Waals surface area contributed by atoms with Crippen LogP contribution < -0.4 is 4.74 Å². The first-order valence-corrected chi connectivity index (χ1v) is 8.21. The van der Waals surface area contributed by atoms with Gasteiger partial charge in [-0.2, -0.15) is 0 Å². The minimum Gasteiger partial charge on any atom is -0.425 e. The summed E-state index contributed by atoms with van der Waals surface area (Å²) in [6, 6.07) is 5.92. The highest BCUT2D eigenvalue weighted by Gasteiger charge is 2.39. The van der Waals surface area contributed by atoms with Crippen molar-refractivity contribution in [3.63, 3.8) is 0 Å². The highest BCUT2D eigenvalue weighted by molar-refractivity contribution is 5.75. The van der Waals surface area contributed by atoms with Crippen LogP contribution in [0.2, 0.25) is 0 Å². The summed E-state index contributed by atoms with van der Waals surface area (Å²) in [6.07, 6.45) is 4.71. The smallest absolute Gasteiger partial charge is 0.325 e. The van der Waals surface area contributed by atoms with E-state index < -0.39 is 0 Å². The summed E-state index contributed by atoms with van der Waals surface area (Å²) in [4.78, 5) is 14.5. The zero-order valence-electron chi connectivity index (χ0n) is 13.6. The maximum absolute atomic E-state index is 12.3. The number of carbonyl (C=O) groups excluding carboxylic acids is 1. The van der Waals surface area contributed by atoms with E-state index in [2.05, 4.69) is 4.90 Å². The van der Waals surface area contributed by atoms with Crippen LogP contribution in [0.3, 0.4) is 0 Å². The Kier molecular flexibility index (Phi) is 4.50. The molecule has 1 aliphatic heterocycles. The SMILES string of the molecule is Cc1cccc(C)c1OC(=O)CN1CCOC2(CCCC2)C1. The molecular formula is C18H25NO3. The minimum absolute atomic E-state index is 0.00287. The summed E-state index contributed by atoms with van der Waals surface area (Å²) < 4.78 is 11.6. The third kappa shape index (κ3) is 3.33. The molecule has 0 amide bonds. The highest BCUT2D eigenvalue weighted by atomic mass is 16.5. The van der Waals surface area contributed by atoms with E-state index in [0.717, 1.165) is 43.7 Å². The summed E-state index contributed by atoms with van der Waals surface area (Å²) in [6.45, 7) is 6.67. The predicted octanol–water partition coefficient (Wildman–Crippen LogP) is 2.85. The number of para-hydroxylation sites is 1. The summed E-state index contributed by atoms with van der Waals surface area (Å²) in [5, 5.41) is 0. The van der Waals surface area contributed by atoms with Crippen molar-refractivity contribution in [3.05, 3.63) is 29.3 Å². The lowest BCUT2D eigenvalue weighted by atomic mass is 10.00. The van der Waals surface area contributed by atoms with Crippen molar-refractivity contribution in [2.75, 3.05) is 26.2 Å². The molecule has 0 bridgehead atoms. The molecule has 1 aromatic carbocycles. The maximum atomic E-state index is 12.3. The Morgan fingerprint density at radius 3 is 2.64 bits per heavy atom. The first kappa shape index (κ1) is 15.5. The summed E-state index contributed by atoms with van der Waals surface area (Å²) >= 11 is 0. The van der Waals surface area contributed by atoms with Crippen LogP contribution in [0.5, 0.6) is 5.75 Å². The average Bonchev–Trinajstić information content (AvgIpc) is 2.91. The summed E-state index contributed by atoms with van der Waals surface area (Å²) in [5.74, 6) is 0.531. The molecule has 0 aromatic heterocycles. The number of hydrogen-bond donors (Lipinski definition) is 0. The van der Waals surface area contributed by atoms with E-state index in [0.29, 0.717) is 12.3 Å². The van der Waals surface area contributed by atoms with Gasteiger partial charge < -0.3 is 9.47 Å². The van der Waals surface area contributed by atoms with Crippen molar-refractivity contribution >= 4 is 5.97 Å². The van der Waals surface area contributed by atoms with Crippen molar-refractivity contribution in [3.8, 4) is 5.75 Å². The second kappa shape index (κ2) is 6.39. The number of nitrogens with zero attached hydrogens (tertiary/aromatic N) is 1. The Bertz CT molecular complexity index is 529. The zero-order chi connectivity index (χ0) is 15.6. The minimum atomic E-state index is -0.174. The molecule has 1 spiro atoms. The Hall–Kier alpha value is -1.39. The van der Waals surface area contributed by atoms with Crippen LogP contribution in [0, 0.1) is 13.8 Å². The van der Waals surface area contributed by atoms with Crippen LogP contribution in [0.4, 0.5) is 0 Å². The predicted molar refractivity (Wildman–Crippen MR) is 85.1 cm³/mol. The monoisotopic (exact) mass is 303 g/mol. The summed E-state index contributed by atoms with van der Waals surface area (Å²) in [5.41, 5.74) is 2.00. The van der Waals surface area contributed by atoms with Crippen LogP contribution in [0.1, 0.15) is 36.8 Å². The third-order valence-corrected chi connectivity index (χ3v) is 4.82. The highest BCUT2D eigenvalue weighted by Crippen LogP contribution is 2.35. The quantitative estimate of drug-likeness (QED) is 0.636. The zero-order valence-corrected chi connectivity index (χ0v) is 13.6. The molecule has 2 fully saturated rings. The number of morpholine rings is 1. The molecule has 0 unspecified atom stereocenters. The number of carbonyl (C=O) groups is 1. The first-order valence-electron chi connectivity index (χ1n) is 8.21. The van der Waals surface area contributed by atoms with Gasteiger partial charge in [-0.1, -0.05) is 31.0 Å². The Balaban J connectivity index is 1.60. The standard InChI is InChI=1S/C18H25NO3/c1-14-6-5-7-15(2)17(14)22-16(20)12-19-10-11-21-18(13-19)8-3-4-9-18/h5-7H,3-4,8-13H2,1-2H3. The first-order chi connectivity index (χ1) is 10.6. The van der Waals surface area contributed by atoms with Crippen LogP contribution in [-0.4, -0.2) is 42.7 Å². The number of aryl methyl sites for hydroxylation is 2. The van der Waals surface area contributed by atoms with Crippen LogP contribution in [0.25, 0.3) is 0 Å². The third-order valence-electron chi connectivity index (χ3n) is 4.82. The fraction of sp³-hybridized carbons (Fsp3) is 0.611. The van der Waals surface area contributed by atoms with Gasteiger partial charge in [0.05, 0.1) is 18.8 Å². The molecule has 0 N–H and O–H groups in total. The second-order valence-electron chi connectivity index (χ2n) is 6.64. The van der Waals surface area contributed by atoms with Gasteiger partial charge >= 0.3 is 5.97 Å². The molecule has 1 heterocycles. The molecule has 1 aliphatic carbocycles. The van der Waals surface area contributed by atoms with Crippen LogP contribution in [-0.2, 0) is 9.53 Å². The van der Waals surface area contributed by atoms with Gasteiger partial charge in [0.25, 0.3) is 0 Å². The Labute approximate surface area is 132 Å². The molecule has 22 heavy (non-hydrogen) atoms. The largest absolute Gasteiger partial charge is 0.425 e. The van der Waals surface area contributed by atoms with E-state index in [4.69, 9.17) is 9.47 Å². The summed E-state index contributed by atoms with van der Waals surface area (Å²) in [7, 11) is 0. The second-order valence-corrected chi connectivity index (χ2v) is 6.64. The lowest BCUT2D eigenvalue weighted by Gasteiger charge is -2.40. The van der Waals surface area contributed by atoms with Crippen LogP contribution in [0.15, 0.2) is 18.2 Å². The lowest BCUT2D eigenvalue weighted by Crippen LogP contribution is -2.52. The van der Waals surface area contributed by atoms with Gasteiger partial charge in [-0.15, -0.1) is 0 Å². The van der Waals surface area contributed by atoms with E-state index >= 15 is 0 Å². The van der Waals surface area contributed by atoms with Gasteiger partial charge in [-0.3, -0.25) is 9.69 Å². The van der Waals surface area contributed by atoms with E-state index in [1.165, 1.54) is 12.8 Å². The molecule has 3 rings (SSSR count). The normalized spacial score (nSPS) is 21.2. The van der Waals surface area contributed by atoms with Crippen LogP contribution >= 0.6 is 0 Å². The molecule has 2 aliphatic rings. The average molecular weight is 303 g/mol. The van der Waals surface area contributed by atoms with Gasteiger partial charge in [0, 0.05) is 13.1 Å². The molecule has 4 heteroatoms. The number of esters is 1. The van der Waals surface area contributed by atoms with E-state index in [9.17, 15) is 4.79 Å². The number of ether oxygens (including phenoxy) is 2. The molecular weight excluding hydrogens is 278 g/mol. The molecule has 0 radical (unpaired) electrons. The van der Waals surface area contributed by atoms with Crippen molar-refractivity contribution in [1.29, 1.82) is 0 Å². The number of benzene rings is 1. The van der Waals surface area contributed by atoms with Gasteiger partial charge in [0.2, 0.25) is 0 Å². The van der Waals surface area contributed by atoms with Gasteiger partial charge in [0.15, 0.2) is 0 Å². The van der Waals surface area contributed by atoms with Gasteiger partial charge in [-0.25, -0.2) is 0 Å². The van der Waals surface area contributed by atoms with Crippen molar-refractivity contribution in [2.24, 2.45) is 0 Å². The number of hydrogen-bond acceptors (Lipinski definition) is 4. The molecule has 0 atom stereocenters. The molecule has 1 aromatic rings. The van der Waals surface area contributed by atoms with Gasteiger partial charge in [-0.05, 0) is 37.8 Å². The van der Waals surface area contributed by atoms with E-state index in [1.807, 2.05) is 32.0 Å². The van der Waals surface area contributed by atoms with E-state index in [-0.39, 0.29) is 11.6 Å². The van der Waals surface area contributed by atoms with Gasteiger partial charge in [0.1, 0.15) is 5.75 Å². The van der Waals surface area contributed by atoms with Crippen molar-refractivity contribution in [2.45, 2.75) is 45.1 Å². The molecule has 1 saturated heterocycles. The fourth-order valence-electron chi connectivity index (χ4n) is 3.67. The lowest BCUT2D eigenvalue weighted by molar-refractivity contribution is -0.142. The topological polar surface area (TPSA) is 38.8 Å². The van der Waals surface area contributed by atoms with E-state index in [1.54, 1.807) is 0 Å². The maximum Gasteiger partial charge on any atom is 0.325 e. The number of rotatable bonds is 3. The fourth-order valence-corrected chi connectivity index (χ4v) is 3.67. The molecule has 4 nitrogen and oxygen atoms in total. The molecule has 1 saturated carbocycles. The molecule has 120 valence electrons. The Morgan fingerprint density at radius 1 is 1.27 bits per heavy atom. The Morgan fingerprint density at radius 2 is 1.95 bits per heavy atom. The van der Waals surface area contributed by atoms with Crippen molar-refractivity contribution in [1.82, 2.24) is 4.90 Å².